The van der Waals surface area contributed by atoms with E-state index in [1.165, 1.54) is 11.1 Å². The molecule has 1 aromatic heterocycles. The Balaban J connectivity index is 0.00000112. The van der Waals surface area contributed by atoms with E-state index in [2.05, 4.69) is 17.1 Å². The topological polar surface area (TPSA) is 43.8 Å². The van der Waals surface area contributed by atoms with Crippen molar-refractivity contribution in [1.82, 2.24) is 9.55 Å². The Kier molecular flexibility index (Phi) is 6.81. The van der Waals surface area contributed by atoms with Crippen LogP contribution in [0.25, 0.3) is 0 Å². The molecule has 0 spiro atoms. The van der Waals surface area contributed by atoms with Crippen molar-refractivity contribution in [2.24, 2.45) is 5.73 Å². The van der Waals surface area contributed by atoms with E-state index in [9.17, 15) is 0 Å². The van der Waals surface area contributed by atoms with Crippen molar-refractivity contribution >= 4 is 0 Å². The fourth-order valence-electron chi connectivity index (χ4n) is 1.49. The van der Waals surface area contributed by atoms with Crippen LogP contribution >= 0.6 is 0 Å². The first kappa shape index (κ1) is 15.0. The van der Waals surface area contributed by atoms with Gasteiger partial charge in [-0.25, -0.2) is 4.98 Å². The van der Waals surface area contributed by atoms with Gasteiger partial charge < -0.3 is 35.1 Å². The molecule has 2 aromatic rings. The maximum Gasteiger partial charge on any atom is 0.0949 e. The smallest absolute Gasteiger partial charge is 0.0949 e. The maximum atomic E-state index is 5.65. The van der Waals surface area contributed by atoms with E-state index >= 15 is 0 Å². The number of nitrogens with two attached hydrogens (primary N) is 1. The minimum Gasteiger partial charge on any atom is -1.00 e. The summed E-state index contributed by atoms with van der Waals surface area (Å²) in [6.45, 7) is 1.43. The molecular formula is C11H13Cl2N3-2. The normalized spacial score (nSPS) is 9.06. The molecule has 5 heteroatoms. The van der Waals surface area contributed by atoms with Crippen molar-refractivity contribution in [3.8, 4) is 0 Å². The summed E-state index contributed by atoms with van der Waals surface area (Å²) < 4.78 is 2.04. The molecule has 0 atom stereocenters. The van der Waals surface area contributed by atoms with E-state index in [0.29, 0.717) is 6.54 Å². The monoisotopic (exact) mass is 257 g/mol. The first-order valence-electron chi connectivity index (χ1n) is 4.63. The number of rotatable bonds is 3. The number of hydrogen-bond acceptors (Lipinski definition) is 2. The van der Waals surface area contributed by atoms with E-state index in [1.54, 1.807) is 6.20 Å². The minimum absolute atomic E-state index is 0. The molecule has 1 aromatic carbocycles. The molecule has 2 rings (SSSR count). The Hall–Kier alpha value is -1.03. The molecule has 0 saturated heterocycles. The molecule has 0 aliphatic rings. The predicted octanol–water partition coefficient (Wildman–Crippen LogP) is -4.60. The summed E-state index contributed by atoms with van der Waals surface area (Å²) >= 11 is 0. The molecule has 0 bridgehead atoms. The van der Waals surface area contributed by atoms with Gasteiger partial charge in [-0.3, -0.25) is 0 Å². The average Bonchev–Trinajstić information content (AvgIpc) is 2.71. The standard InChI is InChI=1S/C11H13N3.2ClH/c12-7-10-3-1-2-4-11(10)8-14-6-5-13-9-14;;/h1-6,9H,7-8,12H2;2*1H/p-2. The Morgan fingerprint density at radius 2 is 1.81 bits per heavy atom. The third-order valence-electron chi connectivity index (χ3n) is 2.25. The molecule has 3 nitrogen and oxygen atoms in total. The van der Waals surface area contributed by atoms with Gasteiger partial charge in [0.2, 0.25) is 0 Å². The second-order valence-corrected chi connectivity index (χ2v) is 3.21. The lowest BCUT2D eigenvalue weighted by atomic mass is 10.1. The predicted molar refractivity (Wildman–Crippen MR) is 55.7 cm³/mol. The lowest BCUT2D eigenvalue weighted by Gasteiger charge is -2.07. The van der Waals surface area contributed by atoms with Crippen LogP contribution in [0.3, 0.4) is 0 Å². The number of imidazole rings is 1. The van der Waals surface area contributed by atoms with Crippen LogP contribution in [0.15, 0.2) is 43.0 Å². The van der Waals surface area contributed by atoms with E-state index < -0.39 is 0 Å². The largest absolute Gasteiger partial charge is 1.00 e. The molecular weight excluding hydrogens is 245 g/mol. The summed E-state index contributed by atoms with van der Waals surface area (Å²) in [4.78, 5) is 4.01. The number of benzene rings is 1. The fourth-order valence-corrected chi connectivity index (χ4v) is 1.49. The molecule has 88 valence electrons. The molecule has 16 heavy (non-hydrogen) atoms. The number of halogens is 2. The summed E-state index contributed by atoms with van der Waals surface area (Å²) in [5, 5.41) is 0. The Labute approximate surface area is 108 Å². The summed E-state index contributed by atoms with van der Waals surface area (Å²) in [7, 11) is 0. The summed E-state index contributed by atoms with van der Waals surface area (Å²) in [6.07, 6.45) is 5.55. The highest BCUT2D eigenvalue weighted by molar-refractivity contribution is 5.27. The van der Waals surface area contributed by atoms with Gasteiger partial charge in [0.25, 0.3) is 0 Å². The van der Waals surface area contributed by atoms with Crippen molar-refractivity contribution in [1.29, 1.82) is 0 Å². The quantitative estimate of drug-likeness (QED) is 0.602. The third-order valence-corrected chi connectivity index (χ3v) is 2.25. The molecule has 1 heterocycles. The highest BCUT2D eigenvalue weighted by Gasteiger charge is 1.99. The van der Waals surface area contributed by atoms with Crippen LogP contribution in [0.1, 0.15) is 11.1 Å². The van der Waals surface area contributed by atoms with Gasteiger partial charge in [-0.15, -0.1) is 0 Å². The van der Waals surface area contributed by atoms with Gasteiger partial charge in [0.15, 0.2) is 0 Å². The van der Waals surface area contributed by atoms with Crippen LogP contribution in [0.4, 0.5) is 0 Å². The van der Waals surface area contributed by atoms with Crippen molar-refractivity contribution in [2.45, 2.75) is 13.1 Å². The van der Waals surface area contributed by atoms with Crippen LogP contribution in [-0.2, 0) is 13.1 Å². The van der Waals surface area contributed by atoms with Gasteiger partial charge >= 0.3 is 0 Å². The van der Waals surface area contributed by atoms with Crippen molar-refractivity contribution < 1.29 is 24.8 Å². The molecule has 0 radical (unpaired) electrons. The molecule has 0 aliphatic carbocycles. The molecule has 0 fully saturated rings. The minimum atomic E-state index is 0. The number of hydrogen-bond donors (Lipinski definition) is 1. The number of aromatic nitrogens is 2. The first-order valence-corrected chi connectivity index (χ1v) is 4.63. The Morgan fingerprint density at radius 1 is 1.12 bits per heavy atom. The van der Waals surface area contributed by atoms with Gasteiger partial charge in [0.1, 0.15) is 0 Å². The van der Waals surface area contributed by atoms with Gasteiger partial charge in [-0.1, -0.05) is 24.3 Å². The van der Waals surface area contributed by atoms with Crippen LogP contribution in [0.5, 0.6) is 0 Å². The molecule has 0 aliphatic heterocycles. The van der Waals surface area contributed by atoms with Gasteiger partial charge in [-0.2, -0.15) is 0 Å². The van der Waals surface area contributed by atoms with Crippen LogP contribution in [0, 0.1) is 0 Å². The third kappa shape index (κ3) is 3.52. The highest BCUT2D eigenvalue weighted by Crippen LogP contribution is 2.09. The maximum absolute atomic E-state index is 5.65. The zero-order chi connectivity index (χ0) is 9.80. The molecule has 0 saturated carbocycles. The summed E-state index contributed by atoms with van der Waals surface area (Å²) in [5.41, 5.74) is 8.11. The SMILES string of the molecule is NCc1ccccc1Cn1ccnc1.[Cl-].[Cl-]. The van der Waals surface area contributed by atoms with Crippen molar-refractivity contribution in [3.63, 3.8) is 0 Å². The van der Waals surface area contributed by atoms with E-state index in [0.717, 1.165) is 6.54 Å². The Morgan fingerprint density at radius 3 is 2.38 bits per heavy atom. The lowest BCUT2D eigenvalue weighted by molar-refractivity contribution is -0.00100. The van der Waals surface area contributed by atoms with Gasteiger partial charge in [-0.05, 0) is 11.1 Å². The van der Waals surface area contributed by atoms with Gasteiger partial charge in [0.05, 0.1) is 6.33 Å². The second-order valence-electron chi connectivity index (χ2n) is 3.21. The second kappa shape index (κ2) is 7.28. The Bertz CT molecular complexity index is 401. The van der Waals surface area contributed by atoms with E-state index in [-0.39, 0.29) is 24.8 Å². The fraction of sp³-hybridized carbons (Fsp3) is 0.182. The van der Waals surface area contributed by atoms with Crippen molar-refractivity contribution in [2.75, 3.05) is 0 Å². The number of nitrogens with zero attached hydrogens (tertiary/aromatic N) is 2. The zero-order valence-corrected chi connectivity index (χ0v) is 10.2. The van der Waals surface area contributed by atoms with Crippen molar-refractivity contribution in [3.05, 3.63) is 54.1 Å². The average molecular weight is 258 g/mol. The lowest BCUT2D eigenvalue weighted by Crippen LogP contribution is -3.00. The van der Waals surface area contributed by atoms with Crippen LogP contribution in [-0.4, -0.2) is 9.55 Å². The van der Waals surface area contributed by atoms with Crippen LogP contribution < -0.4 is 30.5 Å². The van der Waals surface area contributed by atoms with Gasteiger partial charge in [0, 0.05) is 25.5 Å². The summed E-state index contributed by atoms with van der Waals surface area (Å²) in [6, 6.07) is 8.21. The van der Waals surface area contributed by atoms with E-state index in [4.69, 9.17) is 5.73 Å². The molecule has 0 unspecified atom stereocenters. The van der Waals surface area contributed by atoms with E-state index in [1.807, 2.05) is 29.2 Å². The summed E-state index contributed by atoms with van der Waals surface area (Å²) in [5.74, 6) is 0. The van der Waals surface area contributed by atoms with Crippen LogP contribution in [0.2, 0.25) is 0 Å². The zero-order valence-electron chi connectivity index (χ0n) is 8.68. The molecule has 2 N–H and O–H groups in total. The molecule has 0 amide bonds. The first-order chi connectivity index (χ1) is 6.90. The highest BCUT2D eigenvalue weighted by atomic mass is 35.5.